The van der Waals surface area contributed by atoms with E-state index in [2.05, 4.69) is 78.2 Å². The minimum absolute atomic E-state index is 0.249. The van der Waals surface area contributed by atoms with Crippen LogP contribution in [0.2, 0.25) is 0 Å². The van der Waals surface area contributed by atoms with E-state index in [1.165, 1.54) is 17.4 Å². The van der Waals surface area contributed by atoms with Crippen LogP contribution in [0.25, 0.3) is 22.2 Å². The minimum atomic E-state index is -0.564. The van der Waals surface area contributed by atoms with Crippen molar-refractivity contribution < 1.29 is 4.79 Å². The number of benzene rings is 1. The van der Waals surface area contributed by atoms with Gasteiger partial charge in [0, 0.05) is 48.0 Å². The van der Waals surface area contributed by atoms with Gasteiger partial charge in [-0.3, -0.25) is 9.78 Å². The average Bonchev–Trinajstić information content (AvgIpc) is 3.43. The Morgan fingerprint density at radius 1 is 1.12 bits per heavy atom. The Hall–Kier alpha value is -2.66. The summed E-state index contributed by atoms with van der Waals surface area (Å²) in [4.78, 5) is 23.9. The number of piperidine rings is 1. The first-order valence-electron chi connectivity index (χ1n) is 12.8. The molecular weight excluding hydrogens is 420 g/mol. The summed E-state index contributed by atoms with van der Waals surface area (Å²) in [5.41, 5.74) is 6.69. The van der Waals surface area contributed by atoms with E-state index < -0.39 is 5.41 Å². The van der Waals surface area contributed by atoms with Gasteiger partial charge >= 0.3 is 0 Å². The van der Waals surface area contributed by atoms with Gasteiger partial charge in [0.25, 0.3) is 0 Å². The SMILES string of the molecule is Cc1cc(-c2[nH]c3ccc(C(C)(C)C(=O)N4CCC5(CCNC5)CC4)cc3c2C(C)C)ccn1. The first-order chi connectivity index (χ1) is 16.2. The molecule has 0 atom stereocenters. The van der Waals surface area contributed by atoms with Crippen molar-refractivity contribution in [1.82, 2.24) is 20.2 Å². The van der Waals surface area contributed by atoms with Crippen molar-refractivity contribution in [2.45, 2.75) is 65.2 Å². The fraction of sp³-hybridized carbons (Fsp3) is 0.517. The van der Waals surface area contributed by atoms with E-state index >= 15 is 0 Å². The second-order valence-corrected chi connectivity index (χ2v) is 11.4. The summed E-state index contributed by atoms with van der Waals surface area (Å²) in [6, 6.07) is 10.7. The third kappa shape index (κ3) is 3.94. The monoisotopic (exact) mass is 458 g/mol. The zero-order valence-corrected chi connectivity index (χ0v) is 21.3. The molecule has 4 heterocycles. The lowest BCUT2D eigenvalue weighted by Gasteiger charge is -2.41. The number of amides is 1. The molecule has 2 fully saturated rings. The summed E-state index contributed by atoms with van der Waals surface area (Å²) in [6.45, 7) is 14.7. The standard InChI is InChI=1S/C29H38N4O/c1-19(2)25-23-17-22(6-7-24(23)32-26(25)21-8-12-31-20(3)16-21)28(4,5)27(34)33-14-10-29(11-15-33)9-13-30-18-29/h6-8,12,16-17,19,30,32H,9-11,13-15,18H2,1-5H3. The fourth-order valence-electron chi connectivity index (χ4n) is 6.06. The number of aromatic amines is 1. The van der Waals surface area contributed by atoms with Crippen LogP contribution in [0, 0.1) is 12.3 Å². The zero-order chi connectivity index (χ0) is 24.1. The van der Waals surface area contributed by atoms with Crippen molar-refractivity contribution in [3.63, 3.8) is 0 Å². The first-order valence-corrected chi connectivity index (χ1v) is 12.8. The molecule has 180 valence electrons. The van der Waals surface area contributed by atoms with Gasteiger partial charge in [-0.15, -0.1) is 0 Å². The number of carbonyl (C=O) groups excluding carboxylic acids is 1. The molecule has 34 heavy (non-hydrogen) atoms. The van der Waals surface area contributed by atoms with Gasteiger partial charge < -0.3 is 15.2 Å². The molecule has 1 amide bonds. The topological polar surface area (TPSA) is 61.0 Å². The molecule has 2 N–H and O–H groups in total. The Labute approximate surface area is 203 Å². The highest BCUT2D eigenvalue weighted by Crippen LogP contribution is 2.40. The number of carbonyl (C=O) groups is 1. The number of aromatic nitrogens is 2. The zero-order valence-electron chi connectivity index (χ0n) is 21.3. The third-order valence-corrected chi connectivity index (χ3v) is 8.30. The van der Waals surface area contributed by atoms with Gasteiger partial charge in [0.15, 0.2) is 0 Å². The number of nitrogens with zero attached hydrogens (tertiary/aromatic N) is 2. The number of rotatable bonds is 4. The highest BCUT2D eigenvalue weighted by atomic mass is 16.2. The summed E-state index contributed by atoms with van der Waals surface area (Å²) in [5, 5.41) is 4.74. The Balaban J connectivity index is 1.47. The van der Waals surface area contributed by atoms with Crippen LogP contribution in [0.1, 0.15) is 69.7 Å². The first kappa shape index (κ1) is 23.1. The molecule has 5 heteroatoms. The number of hydrogen-bond donors (Lipinski definition) is 2. The molecule has 0 aliphatic carbocycles. The van der Waals surface area contributed by atoms with Crippen LogP contribution in [-0.4, -0.2) is 47.0 Å². The number of pyridine rings is 1. The second-order valence-electron chi connectivity index (χ2n) is 11.4. The summed E-state index contributed by atoms with van der Waals surface area (Å²) >= 11 is 0. The minimum Gasteiger partial charge on any atom is -0.354 e. The summed E-state index contributed by atoms with van der Waals surface area (Å²) in [5.74, 6) is 0.601. The van der Waals surface area contributed by atoms with Crippen molar-refractivity contribution >= 4 is 16.8 Å². The fourth-order valence-corrected chi connectivity index (χ4v) is 6.06. The number of nitrogens with one attached hydrogen (secondary N) is 2. The van der Waals surface area contributed by atoms with Gasteiger partial charge in [0.05, 0.1) is 11.1 Å². The summed E-state index contributed by atoms with van der Waals surface area (Å²) < 4.78 is 0. The summed E-state index contributed by atoms with van der Waals surface area (Å²) in [6.07, 6.45) is 5.35. The van der Waals surface area contributed by atoms with Gasteiger partial charge in [-0.1, -0.05) is 19.9 Å². The average molecular weight is 459 g/mol. The quantitative estimate of drug-likeness (QED) is 0.539. The van der Waals surface area contributed by atoms with Crippen LogP contribution >= 0.6 is 0 Å². The molecule has 0 saturated carbocycles. The number of H-pyrrole nitrogens is 1. The predicted octanol–water partition coefficient (Wildman–Crippen LogP) is 5.54. The van der Waals surface area contributed by atoms with Crippen LogP contribution in [0.5, 0.6) is 0 Å². The molecule has 1 spiro atoms. The van der Waals surface area contributed by atoms with Crippen LogP contribution in [0.3, 0.4) is 0 Å². The molecular formula is C29H38N4O. The summed E-state index contributed by atoms with van der Waals surface area (Å²) in [7, 11) is 0. The highest BCUT2D eigenvalue weighted by Gasteiger charge is 2.41. The number of likely N-dealkylation sites (tertiary alicyclic amines) is 1. The van der Waals surface area contributed by atoms with E-state index in [-0.39, 0.29) is 5.91 Å². The smallest absolute Gasteiger partial charge is 0.232 e. The molecule has 0 unspecified atom stereocenters. The van der Waals surface area contributed by atoms with Crippen molar-refractivity contribution in [3.05, 3.63) is 53.3 Å². The third-order valence-electron chi connectivity index (χ3n) is 8.30. The molecule has 0 radical (unpaired) electrons. The van der Waals surface area contributed by atoms with Crippen molar-refractivity contribution in [2.24, 2.45) is 5.41 Å². The molecule has 2 aromatic heterocycles. The Kier molecular flexibility index (Phi) is 5.79. The molecule has 2 aliphatic rings. The lowest BCUT2D eigenvalue weighted by atomic mass is 9.76. The second kappa shape index (κ2) is 8.53. The molecule has 5 nitrogen and oxygen atoms in total. The normalized spacial score (nSPS) is 18.4. The van der Waals surface area contributed by atoms with E-state index in [1.807, 2.05) is 13.1 Å². The number of hydrogen-bond acceptors (Lipinski definition) is 3. The van der Waals surface area contributed by atoms with Crippen molar-refractivity contribution in [3.8, 4) is 11.3 Å². The lowest BCUT2D eigenvalue weighted by molar-refractivity contribution is -0.138. The van der Waals surface area contributed by atoms with E-state index in [0.29, 0.717) is 11.3 Å². The molecule has 1 aromatic carbocycles. The molecule has 2 aliphatic heterocycles. The van der Waals surface area contributed by atoms with Crippen molar-refractivity contribution in [1.29, 1.82) is 0 Å². The largest absolute Gasteiger partial charge is 0.354 e. The molecule has 5 rings (SSSR count). The van der Waals surface area contributed by atoms with E-state index in [9.17, 15) is 4.79 Å². The van der Waals surface area contributed by atoms with Crippen molar-refractivity contribution in [2.75, 3.05) is 26.2 Å². The van der Waals surface area contributed by atoms with Crippen LogP contribution in [-0.2, 0) is 10.2 Å². The van der Waals surface area contributed by atoms with E-state index in [0.717, 1.165) is 67.1 Å². The van der Waals surface area contributed by atoms with Gasteiger partial charge in [-0.2, -0.15) is 0 Å². The van der Waals surface area contributed by atoms with Gasteiger partial charge in [-0.25, -0.2) is 0 Å². The highest BCUT2D eigenvalue weighted by molar-refractivity contribution is 5.94. The maximum atomic E-state index is 13.7. The molecule has 2 saturated heterocycles. The Bertz CT molecular complexity index is 1210. The van der Waals surface area contributed by atoms with Crippen LogP contribution in [0.15, 0.2) is 36.5 Å². The molecule has 3 aromatic rings. The van der Waals surface area contributed by atoms with Gasteiger partial charge in [-0.05, 0) is 93.3 Å². The van der Waals surface area contributed by atoms with Gasteiger partial charge in [0.1, 0.15) is 0 Å². The number of fused-ring (bicyclic) bond motifs is 1. The van der Waals surface area contributed by atoms with Crippen LogP contribution in [0.4, 0.5) is 0 Å². The Morgan fingerprint density at radius 3 is 2.53 bits per heavy atom. The number of aryl methyl sites for hydroxylation is 1. The van der Waals surface area contributed by atoms with Gasteiger partial charge in [0.2, 0.25) is 5.91 Å². The maximum absolute atomic E-state index is 13.7. The Morgan fingerprint density at radius 2 is 1.88 bits per heavy atom. The predicted molar refractivity (Wildman–Crippen MR) is 139 cm³/mol. The maximum Gasteiger partial charge on any atom is 0.232 e. The van der Waals surface area contributed by atoms with E-state index in [1.54, 1.807) is 0 Å². The van der Waals surface area contributed by atoms with Crippen LogP contribution < -0.4 is 5.32 Å². The molecule has 0 bridgehead atoms. The van der Waals surface area contributed by atoms with E-state index in [4.69, 9.17) is 0 Å². The lowest BCUT2D eigenvalue weighted by Crippen LogP contribution is -2.49.